The zero-order valence-corrected chi connectivity index (χ0v) is 18.5. The molecule has 0 saturated carbocycles. The number of benzene rings is 2. The number of amides is 1. The van der Waals surface area contributed by atoms with Crippen LogP contribution in [0.4, 0.5) is 4.39 Å². The lowest BCUT2D eigenvalue weighted by molar-refractivity contribution is -0.140. The Bertz CT molecular complexity index is 953. The number of aliphatic hydroxyl groups excluding tert-OH is 1. The summed E-state index contributed by atoms with van der Waals surface area (Å²) < 4.78 is 14.2. The number of carbonyl (C=O) groups is 2. The van der Waals surface area contributed by atoms with Crippen molar-refractivity contribution in [3.63, 3.8) is 0 Å². The molecule has 0 aromatic heterocycles. The highest BCUT2D eigenvalue weighted by molar-refractivity contribution is 9.10. The van der Waals surface area contributed by atoms with Gasteiger partial charge in [-0.1, -0.05) is 41.9 Å². The number of nitrogens with zero attached hydrogens (tertiary/aromatic N) is 2. The van der Waals surface area contributed by atoms with Crippen LogP contribution in [0.1, 0.15) is 31.0 Å². The Hall–Kier alpha value is -2.51. The van der Waals surface area contributed by atoms with Crippen LogP contribution < -0.4 is 0 Å². The molecule has 2 aromatic rings. The number of hydrogen-bond donors (Lipinski definition) is 1. The Morgan fingerprint density at radius 2 is 1.67 bits per heavy atom. The van der Waals surface area contributed by atoms with Crippen LogP contribution in [-0.4, -0.2) is 52.8 Å². The minimum absolute atomic E-state index is 0.0217. The van der Waals surface area contributed by atoms with Crippen LogP contribution in [0.25, 0.3) is 5.76 Å². The van der Waals surface area contributed by atoms with E-state index in [0.717, 1.165) is 23.1 Å². The molecule has 0 aliphatic carbocycles. The van der Waals surface area contributed by atoms with E-state index in [1.807, 2.05) is 38.1 Å². The third-order valence-corrected chi connectivity index (χ3v) is 5.92. The smallest absolute Gasteiger partial charge is 0.295 e. The number of carbonyl (C=O) groups excluding carboxylic acids is 2. The Morgan fingerprint density at radius 1 is 1.07 bits per heavy atom. The molecule has 7 heteroatoms. The maximum atomic E-state index is 13.3. The third-order valence-electron chi connectivity index (χ3n) is 5.39. The van der Waals surface area contributed by atoms with Gasteiger partial charge in [0.2, 0.25) is 0 Å². The number of aliphatic hydroxyl groups is 1. The van der Waals surface area contributed by atoms with Gasteiger partial charge in [0.25, 0.3) is 11.7 Å². The van der Waals surface area contributed by atoms with Gasteiger partial charge >= 0.3 is 0 Å². The lowest BCUT2D eigenvalue weighted by Crippen LogP contribution is -2.38. The molecule has 1 saturated heterocycles. The Labute approximate surface area is 183 Å². The minimum atomic E-state index is -0.732. The fourth-order valence-electron chi connectivity index (χ4n) is 3.65. The van der Waals surface area contributed by atoms with E-state index < -0.39 is 23.5 Å². The van der Waals surface area contributed by atoms with E-state index in [4.69, 9.17) is 0 Å². The summed E-state index contributed by atoms with van der Waals surface area (Å²) in [6, 6.07) is 11.8. The first kappa shape index (κ1) is 22.2. The summed E-state index contributed by atoms with van der Waals surface area (Å²) in [5.41, 5.74) is 1.04. The van der Waals surface area contributed by atoms with Crippen LogP contribution in [0.15, 0.2) is 58.6 Å². The average molecular weight is 475 g/mol. The molecule has 3 rings (SSSR count). The van der Waals surface area contributed by atoms with E-state index in [1.54, 1.807) is 0 Å². The molecular weight excluding hydrogens is 451 g/mol. The molecule has 1 atom stereocenters. The second-order valence-corrected chi connectivity index (χ2v) is 7.99. The minimum Gasteiger partial charge on any atom is -0.507 e. The summed E-state index contributed by atoms with van der Waals surface area (Å²) in [7, 11) is 0. The van der Waals surface area contributed by atoms with Crippen molar-refractivity contribution in [1.29, 1.82) is 0 Å². The van der Waals surface area contributed by atoms with Gasteiger partial charge in [0.05, 0.1) is 11.6 Å². The van der Waals surface area contributed by atoms with Crippen LogP contribution in [0.2, 0.25) is 0 Å². The largest absolute Gasteiger partial charge is 0.507 e. The van der Waals surface area contributed by atoms with Crippen LogP contribution in [-0.2, 0) is 9.59 Å². The zero-order chi connectivity index (χ0) is 21.8. The van der Waals surface area contributed by atoms with Crippen molar-refractivity contribution < 1.29 is 19.1 Å². The van der Waals surface area contributed by atoms with E-state index in [1.165, 1.54) is 29.2 Å². The fraction of sp³-hybridized carbons (Fsp3) is 0.304. The molecule has 1 heterocycles. The Balaban J connectivity index is 2.08. The van der Waals surface area contributed by atoms with Gasteiger partial charge in [-0.3, -0.25) is 9.59 Å². The number of likely N-dealkylation sites (N-methyl/N-ethyl adjacent to an activating group) is 1. The molecular formula is C23H24BrFN2O3. The number of ketones is 1. The first-order valence-electron chi connectivity index (χ1n) is 9.89. The van der Waals surface area contributed by atoms with Crippen LogP contribution in [0, 0.1) is 5.82 Å². The first-order valence-corrected chi connectivity index (χ1v) is 10.7. The Kier molecular flexibility index (Phi) is 7.05. The summed E-state index contributed by atoms with van der Waals surface area (Å²) in [6.07, 6.45) is 0. The predicted octanol–water partition coefficient (Wildman–Crippen LogP) is 4.35. The highest BCUT2D eigenvalue weighted by atomic mass is 79.9. The number of hydrogen-bond acceptors (Lipinski definition) is 4. The molecule has 1 aliphatic rings. The Morgan fingerprint density at radius 3 is 2.23 bits per heavy atom. The van der Waals surface area contributed by atoms with Crippen molar-refractivity contribution in [2.45, 2.75) is 19.9 Å². The van der Waals surface area contributed by atoms with Crippen molar-refractivity contribution in [2.24, 2.45) is 0 Å². The maximum absolute atomic E-state index is 13.3. The molecule has 0 spiro atoms. The summed E-state index contributed by atoms with van der Waals surface area (Å²) in [4.78, 5) is 29.5. The van der Waals surface area contributed by atoms with Crippen molar-refractivity contribution in [3.05, 3.63) is 75.5 Å². The highest BCUT2D eigenvalue weighted by Gasteiger charge is 2.45. The highest BCUT2D eigenvalue weighted by Crippen LogP contribution is 2.39. The van der Waals surface area contributed by atoms with E-state index in [9.17, 15) is 19.1 Å². The average Bonchev–Trinajstić information content (AvgIpc) is 3.00. The van der Waals surface area contributed by atoms with Gasteiger partial charge in [0, 0.05) is 23.1 Å². The molecule has 1 amide bonds. The molecule has 0 radical (unpaired) electrons. The molecule has 2 aromatic carbocycles. The lowest BCUT2D eigenvalue weighted by atomic mass is 9.95. The molecule has 0 bridgehead atoms. The monoisotopic (exact) mass is 474 g/mol. The van der Waals surface area contributed by atoms with Gasteiger partial charge in [0.1, 0.15) is 11.6 Å². The van der Waals surface area contributed by atoms with Crippen molar-refractivity contribution >= 4 is 33.4 Å². The lowest BCUT2D eigenvalue weighted by Gasteiger charge is -2.28. The van der Waals surface area contributed by atoms with Crippen molar-refractivity contribution in [1.82, 2.24) is 9.80 Å². The van der Waals surface area contributed by atoms with Crippen LogP contribution in [0.5, 0.6) is 0 Å². The molecule has 158 valence electrons. The predicted molar refractivity (Wildman–Crippen MR) is 117 cm³/mol. The summed E-state index contributed by atoms with van der Waals surface area (Å²) in [5.74, 6) is -2.12. The normalized spacial score (nSPS) is 18.4. The second-order valence-electron chi connectivity index (χ2n) is 7.08. The van der Waals surface area contributed by atoms with Gasteiger partial charge in [-0.25, -0.2) is 4.39 Å². The van der Waals surface area contributed by atoms with Crippen LogP contribution >= 0.6 is 15.9 Å². The summed E-state index contributed by atoms with van der Waals surface area (Å²) >= 11 is 3.40. The standard InChI is InChI=1S/C23H24BrFN2O3/c1-3-26(4-2)13-14-27-20(15-5-9-17(24)10-6-15)19(22(29)23(27)30)21(28)16-7-11-18(25)12-8-16/h5-12,20,28H,3-4,13-14H2,1-2H3/b21-19+/t20-/m0/s1. The molecule has 0 unspecified atom stereocenters. The van der Waals surface area contributed by atoms with E-state index in [0.29, 0.717) is 18.7 Å². The number of halogens is 2. The third kappa shape index (κ3) is 4.47. The molecule has 1 N–H and O–H groups in total. The topological polar surface area (TPSA) is 60.9 Å². The van der Waals surface area contributed by atoms with Crippen LogP contribution in [0.3, 0.4) is 0 Å². The molecule has 5 nitrogen and oxygen atoms in total. The molecule has 1 aliphatic heterocycles. The summed E-state index contributed by atoms with van der Waals surface area (Å²) in [5, 5.41) is 10.9. The number of Topliss-reactive ketones (excluding diaryl/α,β-unsaturated/α-hetero) is 1. The number of likely N-dealkylation sites (tertiary alicyclic amines) is 1. The van der Waals surface area contributed by atoms with E-state index in [-0.39, 0.29) is 11.3 Å². The van der Waals surface area contributed by atoms with Gasteiger partial charge in [-0.05, 0) is 55.1 Å². The molecule has 1 fully saturated rings. The first-order chi connectivity index (χ1) is 14.4. The quantitative estimate of drug-likeness (QED) is 0.368. The number of rotatable bonds is 7. The van der Waals surface area contributed by atoms with Gasteiger partial charge in [-0.15, -0.1) is 0 Å². The maximum Gasteiger partial charge on any atom is 0.295 e. The zero-order valence-electron chi connectivity index (χ0n) is 16.9. The SMILES string of the molecule is CCN(CC)CCN1C(=O)C(=O)/C(=C(/O)c2ccc(F)cc2)[C@@H]1c1ccc(Br)cc1. The van der Waals surface area contributed by atoms with E-state index in [2.05, 4.69) is 20.8 Å². The second kappa shape index (κ2) is 9.53. The van der Waals surface area contributed by atoms with Gasteiger partial charge in [0.15, 0.2) is 0 Å². The molecule has 30 heavy (non-hydrogen) atoms. The fourth-order valence-corrected chi connectivity index (χ4v) is 3.92. The van der Waals surface area contributed by atoms with Crippen molar-refractivity contribution in [2.75, 3.05) is 26.2 Å². The summed E-state index contributed by atoms with van der Waals surface area (Å²) in [6.45, 7) is 6.71. The van der Waals surface area contributed by atoms with Gasteiger partial charge in [-0.2, -0.15) is 0 Å². The van der Waals surface area contributed by atoms with Crippen molar-refractivity contribution in [3.8, 4) is 0 Å². The van der Waals surface area contributed by atoms with E-state index >= 15 is 0 Å². The van der Waals surface area contributed by atoms with Gasteiger partial charge < -0.3 is 14.9 Å².